The van der Waals surface area contributed by atoms with Gasteiger partial charge in [-0.15, -0.1) is 0 Å². The zero-order chi connectivity index (χ0) is 10.4. The van der Waals surface area contributed by atoms with Gasteiger partial charge in [0.15, 0.2) is 0 Å². The summed E-state index contributed by atoms with van der Waals surface area (Å²) in [6, 6.07) is 9.03. The molecule has 0 aliphatic rings. The maximum absolute atomic E-state index is 10.9. The summed E-state index contributed by atoms with van der Waals surface area (Å²) in [4.78, 5) is 10.9. The number of carbonyl (C=O) groups excluding carboxylic acids is 1. The van der Waals surface area contributed by atoms with Crippen molar-refractivity contribution in [1.82, 2.24) is 5.32 Å². The average Bonchev–Trinajstić information content (AvgIpc) is 2.15. The van der Waals surface area contributed by atoms with Gasteiger partial charge >= 0.3 is 0 Å². The number of hydrogen-bond acceptors (Lipinski definition) is 2. The molecule has 1 amide bonds. The zero-order valence-corrected chi connectivity index (χ0v) is 7.66. The SMILES string of the molecule is [B]c1cccc(CNC(=O)CC#N)c1. The lowest BCUT2D eigenvalue weighted by molar-refractivity contribution is -0.120. The van der Waals surface area contributed by atoms with Crippen LogP contribution < -0.4 is 10.8 Å². The van der Waals surface area contributed by atoms with Gasteiger partial charge in [-0.3, -0.25) is 4.79 Å². The minimum atomic E-state index is -0.269. The normalized spacial score (nSPS) is 9.07. The van der Waals surface area contributed by atoms with Crippen LogP contribution in [0.4, 0.5) is 0 Å². The number of nitrogens with one attached hydrogen (secondary N) is 1. The van der Waals surface area contributed by atoms with E-state index in [9.17, 15) is 4.79 Å². The topological polar surface area (TPSA) is 52.9 Å². The van der Waals surface area contributed by atoms with Crippen LogP contribution in [0, 0.1) is 11.3 Å². The summed E-state index contributed by atoms with van der Waals surface area (Å²) in [6.45, 7) is 0.408. The number of nitrogens with zero attached hydrogens (tertiary/aromatic N) is 1. The lowest BCUT2D eigenvalue weighted by Gasteiger charge is -2.03. The Hall–Kier alpha value is -1.76. The molecule has 0 fully saturated rings. The van der Waals surface area contributed by atoms with E-state index in [0.29, 0.717) is 12.0 Å². The molecule has 0 aliphatic heterocycles. The van der Waals surface area contributed by atoms with E-state index in [1.807, 2.05) is 12.1 Å². The lowest BCUT2D eigenvalue weighted by atomic mass is 9.94. The van der Waals surface area contributed by atoms with E-state index >= 15 is 0 Å². The maximum Gasteiger partial charge on any atom is 0.234 e. The summed E-state index contributed by atoms with van der Waals surface area (Å²) in [5, 5.41) is 10.9. The second-order valence-corrected chi connectivity index (χ2v) is 2.86. The second-order valence-electron chi connectivity index (χ2n) is 2.86. The fourth-order valence-electron chi connectivity index (χ4n) is 1.04. The quantitative estimate of drug-likeness (QED) is 0.672. The molecule has 1 N–H and O–H groups in total. The molecule has 0 atom stereocenters. The number of benzene rings is 1. The zero-order valence-electron chi connectivity index (χ0n) is 7.66. The highest BCUT2D eigenvalue weighted by Crippen LogP contribution is 1.95. The number of rotatable bonds is 3. The van der Waals surface area contributed by atoms with Crippen LogP contribution in [-0.4, -0.2) is 13.8 Å². The molecule has 1 aromatic rings. The molecule has 3 nitrogen and oxygen atoms in total. The van der Waals surface area contributed by atoms with E-state index < -0.39 is 0 Å². The molecule has 0 bridgehead atoms. The lowest BCUT2D eigenvalue weighted by Crippen LogP contribution is -2.22. The van der Waals surface area contributed by atoms with Crippen molar-refractivity contribution < 1.29 is 4.79 Å². The summed E-state index contributed by atoms with van der Waals surface area (Å²) in [6.07, 6.45) is -0.109. The van der Waals surface area contributed by atoms with Crippen molar-refractivity contribution in [3.05, 3.63) is 29.8 Å². The fraction of sp³-hybridized carbons (Fsp3) is 0.200. The number of hydrogen-bond donors (Lipinski definition) is 1. The first kappa shape index (κ1) is 10.3. The monoisotopic (exact) mass is 184 g/mol. The highest BCUT2D eigenvalue weighted by atomic mass is 16.1. The second kappa shape index (κ2) is 5.08. The molecule has 0 aromatic heterocycles. The van der Waals surface area contributed by atoms with E-state index in [1.54, 1.807) is 18.2 Å². The van der Waals surface area contributed by atoms with E-state index in [4.69, 9.17) is 13.1 Å². The first-order valence-corrected chi connectivity index (χ1v) is 4.20. The Balaban J connectivity index is 2.46. The van der Waals surface area contributed by atoms with Crippen molar-refractivity contribution in [2.75, 3.05) is 0 Å². The van der Waals surface area contributed by atoms with Gasteiger partial charge in [0.05, 0.1) is 6.07 Å². The minimum Gasteiger partial charge on any atom is -0.351 e. The van der Waals surface area contributed by atoms with Crippen molar-refractivity contribution in [2.45, 2.75) is 13.0 Å². The summed E-state index contributed by atoms with van der Waals surface area (Å²) >= 11 is 0. The molecule has 0 saturated heterocycles. The number of nitriles is 1. The molecule has 0 spiro atoms. The Labute approximate surface area is 84.1 Å². The van der Waals surface area contributed by atoms with Gasteiger partial charge in [-0.05, 0) is 5.56 Å². The minimum absolute atomic E-state index is 0.109. The molecule has 68 valence electrons. The molecule has 0 aliphatic carbocycles. The summed E-state index contributed by atoms with van der Waals surface area (Å²) in [5.74, 6) is -0.269. The van der Waals surface area contributed by atoms with Gasteiger partial charge in [0.25, 0.3) is 0 Å². The average molecular weight is 184 g/mol. The molecule has 1 aromatic carbocycles. The summed E-state index contributed by atoms with van der Waals surface area (Å²) < 4.78 is 0. The van der Waals surface area contributed by atoms with Gasteiger partial charge in [0.1, 0.15) is 14.3 Å². The van der Waals surface area contributed by atoms with Crippen LogP contribution in [-0.2, 0) is 11.3 Å². The third-order valence-electron chi connectivity index (χ3n) is 1.68. The van der Waals surface area contributed by atoms with E-state index in [2.05, 4.69) is 5.32 Å². The standard InChI is InChI=1S/C10H9BN2O/c11-9-3-1-2-8(6-9)7-13-10(14)4-5-12/h1-3,6H,4,7H2,(H,13,14). The van der Waals surface area contributed by atoms with Crippen LogP contribution in [0.1, 0.15) is 12.0 Å². The van der Waals surface area contributed by atoms with Crippen molar-refractivity contribution in [3.8, 4) is 6.07 Å². The number of carbonyl (C=O) groups is 1. The van der Waals surface area contributed by atoms with E-state index in [1.165, 1.54) is 0 Å². The van der Waals surface area contributed by atoms with Crippen molar-refractivity contribution in [1.29, 1.82) is 5.26 Å². The predicted molar refractivity (Wildman–Crippen MR) is 53.9 cm³/mol. The van der Waals surface area contributed by atoms with E-state index in [-0.39, 0.29) is 12.3 Å². The molecule has 0 unspecified atom stereocenters. The fourth-order valence-corrected chi connectivity index (χ4v) is 1.04. The van der Waals surface area contributed by atoms with Crippen molar-refractivity contribution >= 4 is 19.2 Å². The van der Waals surface area contributed by atoms with Crippen LogP contribution in [0.5, 0.6) is 0 Å². The summed E-state index contributed by atoms with van der Waals surface area (Å²) in [7, 11) is 5.56. The molecule has 14 heavy (non-hydrogen) atoms. The van der Waals surface area contributed by atoms with Crippen LogP contribution in [0.25, 0.3) is 0 Å². The van der Waals surface area contributed by atoms with Crippen LogP contribution in [0.2, 0.25) is 0 Å². The Bertz CT molecular complexity index is 371. The van der Waals surface area contributed by atoms with Gasteiger partial charge < -0.3 is 5.32 Å². The van der Waals surface area contributed by atoms with Gasteiger partial charge in [-0.25, -0.2) is 0 Å². The van der Waals surface area contributed by atoms with Gasteiger partial charge in [-0.2, -0.15) is 5.26 Å². The van der Waals surface area contributed by atoms with Gasteiger partial charge in [0, 0.05) is 6.54 Å². The third kappa shape index (κ3) is 3.32. The molecule has 0 saturated carbocycles. The molecule has 1 rings (SSSR count). The van der Waals surface area contributed by atoms with Crippen LogP contribution in [0.3, 0.4) is 0 Å². The summed E-state index contributed by atoms with van der Waals surface area (Å²) in [5.41, 5.74) is 1.59. The largest absolute Gasteiger partial charge is 0.351 e. The first-order valence-electron chi connectivity index (χ1n) is 4.20. The Morgan fingerprint density at radius 3 is 3.00 bits per heavy atom. The van der Waals surface area contributed by atoms with Crippen LogP contribution in [0.15, 0.2) is 24.3 Å². The Kier molecular flexibility index (Phi) is 3.75. The molecule has 0 heterocycles. The highest BCUT2D eigenvalue weighted by molar-refractivity contribution is 6.32. The van der Waals surface area contributed by atoms with Crippen molar-refractivity contribution in [2.24, 2.45) is 0 Å². The molecule has 4 heteroatoms. The van der Waals surface area contributed by atoms with Gasteiger partial charge in [0.2, 0.25) is 5.91 Å². The first-order chi connectivity index (χ1) is 6.72. The van der Waals surface area contributed by atoms with Crippen molar-refractivity contribution in [3.63, 3.8) is 0 Å². The van der Waals surface area contributed by atoms with E-state index in [0.717, 1.165) is 5.56 Å². The molecular formula is C10H9BN2O. The number of amides is 1. The third-order valence-corrected chi connectivity index (χ3v) is 1.68. The highest BCUT2D eigenvalue weighted by Gasteiger charge is 1.99. The molecule has 2 radical (unpaired) electrons. The Morgan fingerprint density at radius 2 is 2.36 bits per heavy atom. The molecular weight excluding hydrogens is 175 g/mol. The van der Waals surface area contributed by atoms with Gasteiger partial charge in [-0.1, -0.05) is 29.7 Å². The Morgan fingerprint density at radius 1 is 1.57 bits per heavy atom. The smallest absolute Gasteiger partial charge is 0.234 e. The van der Waals surface area contributed by atoms with Crippen LogP contribution >= 0.6 is 0 Å². The maximum atomic E-state index is 10.9. The predicted octanol–water partition coefficient (Wildman–Crippen LogP) is 0.0103.